The van der Waals surface area contributed by atoms with Crippen LogP contribution in [0.2, 0.25) is 0 Å². The third-order valence-electron chi connectivity index (χ3n) is 3.20. The summed E-state index contributed by atoms with van der Waals surface area (Å²) in [5, 5.41) is 16.4. The Morgan fingerprint density at radius 2 is 2.32 bits per heavy atom. The number of nitrogens with one attached hydrogen (secondary N) is 2. The molecule has 2 unspecified atom stereocenters. The van der Waals surface area contributed by atoms with Gasteiger partial charge in [-0.2, -0.15) is 0 Å². The van der Waals surface area contributed by atoms with Crippen molar-refractivity contribution in [1.29, 1.82) is 0 Å². The Balaban J connectivity index is 1.75. The first-order valence-electron chi connectivity index (χ1n) is 6.26. The molecule has 0 aromatic carbocycles. The lowest BCUT2D eigenvalue weighted by atomic mass is 10.1. The fourth-order valence-electron chi connectivity index (χ4n) is 2.22. The number of thiazole rings is 1. The van der Waals surface area contributed by atoms with Gasteiger partial charge in [-0.15, -0.1) is 11.3 Å². The lowest BCUT2D eigenvalue weighted by Gasteiger charge is -2.12. The van der Waals surface area contributed by atoms with Crippen LogP contribution in [-0.2, 0) is 6.54 Å². The summed E-state index contributed by atoms with van der Waals surface area (Å²) in [7, 11) is 0. The Morgan fingerprint density at radius 3 is 2.89 bits per heavy atom. The minimum Gasteiger partial charge on any atom is -0.476 e. The molecular formula is C12H17N3O3S. The Kier molecular flexibility index (Phi) is 4.36. The topological polar surface area (TPSA) is 91.3 Å². The van der Waals surface area contributed by atoms with Gasteiger partial charge in [-0.1, -0.05) is 6.92 Å². The Labute approximate surface area is 115 Å². The molecule has 0 saturated heterocycles. The highest BCUT2D eigenvalue weighted by molar-refractivity contribution is 7.09. The minimum absolute atomic E-state index is 0.0202. The number of rotatable bonds is 4. The predicted octanol–water partition coefficient (Wildman–Crippen LogP) is 1.83. The molecule has 1 aliphatic carbocycles. The van der Waals surface area contributed by atoms with E-state index in [4.69, 9.17) is 5.11 Å². The Hall–Kier alpha value is -1.63. The van der Waals surface area contributed by atoms with Crippen molar-refractivity contribution >= 4 is 23.3 Å². The van der Waals surface area contributed by atoms with Crippen molar-refractivity contribution in [3.05, 3.63) is 16.1 Å². The average molecular weight is 283 g/mol. The van der Waals surface area contributed by atoms with E-state index in [9.17, 15) is 9.59 Å². The Bertz CT molecular complexity index is 475. The van der Waals surface area contributed by atoms with Gasteiger partial charge in [-0.25, -0.2) is 14.6 Å². The average Bonchev–Trinajstić information content (AvgIpc) is 2.96. The second-order valence-electron chi connectivity index (χ2n) is 4.87. The molecule has 0 bridgehead atoms. The van der Waals surface area contributed by atoms with Crippen LogP contribution < -0.4 is 10.6 Å². The summed E-state index contributed by atoms with van der Waals surface area (Å²) in [5.74, 6) is -0.380. The summed E-state index contributed by atoms with van der Waals surface area (Å²) in [5.41, 5.74) is 0.0202. The SMILES string of the molecule is CC1CCC(NC(=O)NCc2nc(C(=O)O)cs2)C1. The zero-order chi connectivity index (χ0) is 13.8. The van der Waals surface area contributed by atoms with Crippen LogP contribution in [0.25, 0.3) is 0 Å². The molecule has 1 aromatic rings. The summed E-state index contributed by atoms with van der Waals surface area (Å²) in [6, 6.07) is 0.0343. The van der Waals surface area contributed by atoms with E-state index in [1.165, 1.54) is 16.7 Å². The molecule has 1 fully saturated rings. The predicted molar refractivity (Wildman–Crippen MR) is 71.2 cm³/mol. The smallest absolute Gasteiger partial charge is 0.355 e. The summed E-state index contributed by atoms with van der Waals surface area (Å²) in [6.45, 7) is 2.44. The van der Waals surface area contributed by atoms with E-state index in [1.54, 1.807) is 0 Å². The number of hydrogen-bond acceptors (Lipinski definition) is 4. The second kappa shape index (κ2) is 6.01. The summed E-state index contributed by atoms with van der Waals surface area (Å²) in [6.07, 6.45) is 3.20. The van der Waals surface area contributed by atoms with Crippen molar-refractivity contribution in [1.82, 2.24) is 15.6 Å². The maximum Gasteiger partial charge on any atom is 0.355 e. The highest BCUT2D eigenvalue weighted by Gasteiger charge is 2.22. The van der Waals surface area contributed by atoms with Gasteiger partial charge < -0.3 is 15.7 Å². The van der Waals surface area contributed by atoms with Gasteiger partial charge in [0.25, 0.3) is 0 Å². The van der Waals surface area contributed by atoms with Crippen LogP contribution in [0.3, 0.4) is 0 Å². The summed E-state index contributed by atoms with van der Waals surface area (Å²) >= 11 is 1.23. The number of hydrogen-bond donors (Lipinski definition) is 3. The number of carbonyl (C=O) groups is 2. The fraction of sp³-hybridized carbons (Fsp3) is 0.583. The molecule has 7 heteroatoms. The van der Waals surface area contributed by atoms with Crippen LogP contribution in [0.5, 0.6) is 0 Å². The van der Waals surface area contributed by atoms with Gasteiger partial charge in [0.1, 0.15) is 5.01 Å². The molecule has 0 spiro atoms. The number of urea groups is 1. The largest absolute Gasteiger partial charge is 0.476 e. The summed E-state index contributed by atoms with van der Waals surface area (Å²) in [4.78, 5) is 26.2. The molecule has 6 nitrogen and oxygen atoms in total. The van der Waals surface area contributed by atoms with Gasteiger partial charge in [-0.3, -0.25) is 0 Å². The van der Waals surface area contributed by atoms with E-state index in [-0.39, 0.29) is 24.3 Å². The van der Waals surface area contributed by atoms with Crippen molar-refractivity contribution in [3.8, 4) is 0 Å². The molecule has 2 amide bonds. The second-order valence-corrected chi connectivity index (χ2v) is 5.82. The molecule has 3 N–H and O–H groups in total. The van der Waals surface area contributed by atoms with Crippen molar-refractivity contribution in [2.45, 2.75) is 38.8 Å². The molecular weight excluding hydrogens is 266 g/mol. The van der Waals surface area contributed by atoms with Crippen LogP contribution >= 0.6 is 11.3 Å². The number of nitrogens with zero attached hydrogens (tertiary/aromatic N) is 1. The molecule has 19 heavy (non-hydrogen) atoms. The fourth-order valence-corrected chi connectivity index (χ4v) is 2.93. The Morgan fingerprint density at radius 1 is 1.53 bits per heavy atom. The normalized spacial score (nSPS) is 22.2. The first-order chi connectivity index (χ1) is 9.04. The maximum absolute atomic E-state index is 11.7. The van der Waals surface area contributed by atoms with E-state index < -0.39 is 5.97 Å². The van der Waals surface area contributed by atoms with Crippen molar-refractivity contribution < 1.29 is 14.7 Å². The minimum atomic E-state index is -1.05. The van der Waals surface area contributed by atoms with Gasteiger partial charge in [-0.05, 0) is 25.2 Å². The maximum atomic E-state index is 11.7. The highest BCUT2D eigenvalue weighted by Crippen LogP contribution is 2.24. The lowest BCUT2D eigenvalue weighted by molar-refractivity contribution is 0.0691. The van der Waals surface area contributed by atoms with Crippen LogP contribution in [-0.4, -0.2) is 28.1 Å². The first kappa shape index (κ1) is 13.8. The third-order valence-corrected chi connectivity index (χ3v) is 4.05. The molecule has 2 rings (SSSR count). The van der Waals surface area contributed by atoms with Gasteiger partial charge in [0.2, 0.25) is 0 Å². The standard InChI is InChI=1S/C12H17N3O3S/c1-7-2-3-8(4-7)14-12(18)13-5-10-15-9(6-19-10)11(16)17/h6-8H,2-5H2,1H3,(H,16,17)(H2,13,14,18). The van der Waals surface area contributed by atoms with Gasteiger partial charge in [0, 0.05) is 11.4 Å². The number of carbonyl (C=O) groups excluding carboxylic acids is 1. The number of carboxylic acid groups (broad SMARTS) is 1. The van der Waals surface area contributed by atoms with Gasteiger partial charge in [0.05, 0.1) is 6.54 Å². The van der Waals surface area contributed by atoms with E-state index in [1.807, 2.05) is 0 Å². The van der Waals surface area contributed by atoms with Crippen LogP contribution in [0.1, 0.15) is 41.7 Å². The van der Waals surface area contributed by atoms with E-state index >= 15 is 0 Å². The zero-order valence-corrected chi connectivity index (χ0v) is 11.5. The number of aromatic nitrogens is 1. The number of amides is 2. The third kappa shape index (κ3) is 3.92. The monoisotopic (exact) mass is 283 g/mol. The van der Waals surface area contributed by atoms with E-state index in [0.717, 1.165) is 19.3 Å². The van der Waals surface area contributed by atoms with E-state index in [0.29, 0.717) is 10.9 Å². The van der Waals surface area contributed by atoms with Crippen LogP contribution in [0, 0.1) is 5.92 Å². The molecule has 1 heterocycles. The molecule has 1 aromatic heterocycles. The van der Waals surface area contributed by atoms with Gasteiger partial charge in [0.15, 0.2) is 5.69 Å². The molecule has 0 aliphatic heterocycles. The lowest BCUT2D eigenvalue weighted by Crippen LogP contribution is -2.40. The zero-order valence-electron chi connectivity index (χ0n) is 10.7. The molecule has 1 saturated carbocycles. The van der Waals surface area contributed by atoms with E-state index in [2.05, 4.69) is 22.5 Å². The van der Waals surface area contributed by atoms with Crippen molar-refractivity contribution in [2.75, 3.05) is 0 Å². The summed E-state index contributed by atoms with van der Waals surface area (Å²) < 4.78 is 0. The molecule has 104 valence electrons. The molecule has 2 atom stereocenters. The highest BCUT2D eigenvalue weighted by atomic mass is 32.1. The molecule has 1 aliphatic rings. The molecule has 0 radical (unpaired) electrons. The van der Waals surface area contributed by atoms with Gasteiger partial charge >= 0.3 is 12.0 Å². The first-order valence-corrected chi connectivity index (χ1v) is 7.14. The van der Waals surface area contributed by atoms with Crippen LogP contribution in [0.15, 0.2) is 5.38 Å². The van der Waals surface area contributed by atoms with Crippen molar-refractivity contribution in [2.24, 2.45) is 5.92 Å². The number of carboxylic acids is 1. The quantitative estimate of drug-likeness (QED) is 0.786. The number of aromatic carboxylic acids is 1. The van der Waals surface area contributed by atoms with Crippen LogP contribution in [0.4, 0.5) is 4.79 Å². The van der Waals surface area contributed by atoms with Crippen molar-refractivity contribution in [3.63, 3.8) is 0 Å².